The molecule has 1 N–H and O–H groups in total. The average molecular weight is 463 g/mol. The summed E-state index contributed by atoms with van der Waals surface area (Å²) in [6, 6.07) is 8.47. The topological polar surface area (TPSA) is 78.4 Å². The van der Waals surface area contributed by atoms with Crippen LogP contribution in [0.5, 0.6) is 23.0 Å². The molecule has 0 aromatic heterocycles. The fourth-order valence-electron chi connectivity index (χ4n) is 2.41. The zero-order chi connectivity index (χ0) is 21.2. The summed E-state index contributed by atoms with van der Waals surface area (Å²) in [5.41, 5.74) is 3.61. The lowest BCUT2D eigenvalue weighted by Crippen LogP contribution is -2.17. The van der Waals surface area contributed by atoms with Gasteiger partial charge in [-0.2, -0.15) is 5.10 Å². The van der Waals surface area contributed by atoms with Crippen LogP contribution in [0.2, 0.25) is 0 Å². The van der Waals surface area contributed by atoms with E-state index in [1.165, 1.54) is 6.21 Å². The van der Waals surface area contributed by atoms with Crippen LogP contribution < -0.4 is 24.4 Å². The molecule has 154 valence electrons. The molecular weight excluding hydrogens is 440 g/mol. The number of rotatable bonds is 10. The van der Waals surface area contributed by atoms with E-state index in [-0.39, 0.29) is 5.91 Å². The molecule has 0 saturated carbocycles. The molecule has 2 aromatic rings. The molecule has 0 aliphatic heterocycles. The van der Waals surface area contributed by atoms with Crippen molar-refractivity contribution in [3.8, 4) is 23.0 Å². The summed E-state index contributed by atoms with van der Waals surface area (Å²) >= 11 is 3.45. The normalized spacial score (nSPS) is 10.5. The number of halogens is 1. The van der Waals surface area contributed by atoms with Crippen molar-refractivity contribution < 1.29 is 23.7 Å². The number of ether oxygens (including phenoxy) is 4. The predicted molar refractivity (Wildman–Crippen MR) is 116 cm³/mol. The first-order valence-electron chi connectivity index (χ1n) is 8.79. The summed E-state index contributed by atoms with van der Waals surface area (Å²) in [5, 5.41) is 4.01. The van der Waals surface area contributed by atoms with Crippen LogP contribution in [0.15, 0.2) is 52.6 Å². The number of nitrogens with one attached hydrogen (secondary N) is 1. The van der Waals surface area contributed by atoms with E-state index < -0.39 is 0 Å². The molecule has 0 spiro atoms. The first-order chi connectivity index (χ1) is 14.0. The highest BCUT2D eigenvalue weighted by Gasteiger charge is 2.12. The van der Waals surface area contributed by atoms with E-state index in [2.05, 4.69) is 33.0 Å². The highest BCUT2D eigenvalue weighted by atomic mass is 79.9. The molecular formula is C21H23BrN2O5. The monoisotopic (exact) mass is 462 g/mol. The van der Waals surface area contributed by atoms with Crippen LogP contribution in [-0.2, 0) is 0 Å². The second-order valence-corrected chi connectivity index (χ2v) is 6.49. The van der Waals surface area contributed by atoms with Crippen LogP contribution >= 0.6 is 15.9 Å². The summed E-state index contributed by atoms with van der Waals surface area (Å²) in [7, 11) is 3.09. The second-order valence-electron chi connectivity index (χ2n) is 5.63. The molecule has 2 aromatic carbocycles. The number of benzene rings is 2. The van der Waals surface area contributed by atoms with E-state index in [9.17, 15) is 4.79 Å². The molecule has 0 unspecified atom stereocenters. The van der Waals surface area contributed by atoms with Gasteiger partial charge in [0.1, 0.15) is 6.61 Å². The van der Waals surface area contributed by atoms with Crippen molar-refractivity contribution in [1.82, 2.24) is 5.43 Å². The van der Waals surface area contributed by atoms with Gasteiger partial charge in [-0.3, -0.25) is 4.79 Å². The fourth-order valence-corrected chi connectivity index (χ4v) is 2.99. The maximum Gasteiger partial charge on any atom is 0.271 e. The third-order valence-electron chi connectivity index (χ3n) is 3.70. The van der Waals surface area contributed by atoms with Gasteiger partial charge in [-0.1, -0.05) is 12.7 Å². The van der Waals surface area contributed by atoms with Gasteiger partial charge in [0.25, 0.3) is 5.91 Å². The van der Waals surface area contributed by atoms with E-state index in [4.69, 9.17) is 18.9 Å². The van der Waals surface area contributed by atoms with E-state index in [1.54, 1.807) is 50.6 Å². The van der Waals surface area contributed by atoms with E-state index in [0.29, 0.717) is 51.8 Å². The number of carbonyl (C=O) groups excluding carboxylic acids is 1. The van der Waals surface area contributed by atoms with Crippen LogP contribution in [0.1, 0.15) is 22.8 Å². The quantitative estimate of drug-likeness (QED) is 0.325. The molecule has 0 radical (unpaired) electrons. The van der Waals surface area contributed by atoms with Crippen molar-refractivity contribution in [3.63, 3.8) is 0 Å². The highest BCUT2D eigenvalue weighted by Crippen LogP contribution is 2.36. The third-order valence-corrected chi connectivity index (χ3v) is 4.29. The van der Waals surface area contributed by atoms with Crippen molar-refractivity contribution in [1.29, 1.82) is 0 Å². The van der Waals surface area contributed by atoms with Gasteiger partial charge in [0.2, 0.25) is 0 Å². The van der Waals surface area contributed by atoms with Gasteiger partial charge in [-0.25, -0.2) is 5.43 Å². The van der Waals surface area contributed by atoms with E-state index >= 15 is 0 Å². The molecule has 0 heterocycles. The Morgan fingerprint density at radius 2 is 1.90 bits per heavy atom. The Kier molecular flexibility index (Phi) is 8.54. The van der Waals surface area contributed by atoms with Crippen LogP contribution in [0, 0.1) is 0 Å². The van der Waals surface area contributed by atoms with Gasteiger partial charge in [0.05, 0.1) is 31.5 Å². The van der Waals surface area contributed by atoms with Crippen molar-refractivity contribution in [3.05, 3.63) is 58.6 Å². The minimum atomic E-state index is -0.373. The SMILES string of the molecule is C=CCOc1c(Br)cc(/C=N/NC(=O)c2ccc(OC)c(OCC)c2)cc1OC. The zero-order valence-corrected chi connectivity index (χ0v) is 18.1. The Morgan fingerprint density at radius 3 is 2.55 bits per heavy atom. The largest absolute Gasteiger partial charge is 0.493 e. The molecule has 2 rings (SSSR count). The lowest BCUT2D eigenvalue weighted by Gasteiger charge is -2.12. The molecule has 0 bridgehead atoms. The van der Waals surface area contributed by atoms with Gasteiger partial charge in [0.15, 0.2) is 23.0 Å². The standard InChI is InChI=1S/C21H23BrN2O5/c1-5-9-29-20-16(22)10-14(11-19(20)27-4)13-23-24-21(25)15-7-8-17(26-3)18(12-15)28-6-2/h5,7-8,10-13H,1,6,9H2,2-4H3,(H,24,25)/b23-13+. The number of hydrogen-bond acceptors (Lipinski definition) is 6. The molecule has 1 amide bonds. The lowest BCUT2D eigenvalue weighted by atomic mass is 10.2. The first kappa shape index (κ1) is 22.3. The van der Waals surface area contributed by atoms with Gasteiger partial charge in [-0.05, 0) is 58.7 Å². The molecule has 0 saturated heterocycles. The minimum absolute atomic E-state index is 0.351. The highest BCUT2D eigenvalue weighted by molar-refractivity contribution is 9.10. The molecule has 0 aliphatic carbocycles. The van der Waals surface area contributed by atoms with Crippen molar-refractivity contribution >= 4 is 28.1 Å². The summed E-state index contributed by atoms with van der Waals surface area (Å²) in [6.45, 7) is 6.30. The summed E-state index contributed by atoms with van der Waals surface area (Å²) in [5.74, 6) is 1.78. The average Bonchev–Trinajstić information content (AvgIpc) is 2.72. The van der Waals surface area contributed by atoms with Gasteiger partial charge < -0.3 is 18.9 Å². The van der Waals surface area contributed by atoms with Crippen LogP contribution in [-0.4, -0.2) is 39.6 Å². The number of methoxy groups -OCH3 is 2. The molecule has 0 atom stereocenters. The summed E-state index contributed by atoms with van der Waals surface area (Å²) < 4.78 is 22.3. The van der Waals surface area contributed by atoms with Crippen molar-refractivity contribution in [2.75, 3.05) is 27.4 Å². The Bertz CT molecular complexity index is 899. The van der Waals surface area contributed by atoms with Gasteiger partial charge >= 0.3 is 0 Å². The predicted octanol–water partition coefficient (Wildman–Crippen LogP) is 4.19. The van der Waals surface area contributed by atoms with E-state index in [0.717, 1.165) is 0 Å². The second kappa shape index (κ2) is 11.1. The number of carbonyl (C=O) groups is 1. The Labute approximate surface area is 178 Å². The smallest absolute Gasteiger partial charge is 0.271 e. The summed E-state index contributed by atoms with van der Waals surface area (Å²) in [4.78, 5) is 12.4. The number of nitrogens with zero attached hydrogens (tertiary/aromatic N) is 1. The third kappa shape index (κ3) is 5.99. The van der Waals surface area contributed by atoms with Gasteiger partial charge in [-0.15, -0.1) is 0 Å². The molecule has 8 heteroatoms. The van der Waals surface area contributed by atoms with Crippen LogP contribution in [0.4, 0.5) is 0 Å². The maximum absolute atomic E-state index is 12.4. The molecule has 0 fully saturated rings. The summed E-state index contributed by atoms with van der Waals surface area (Å²) in [6.07, 6.45) is 3.16. The van der Waals surface area contributed by atoms with Crippen molar-refractivity contribution in [2.24, 2.45) is 5.10 Å². The Balaban J connectivity index is 2.13. The first-order valence-corrected chi connectivity index (χ1v) is 9.58. The molecule has 29 heavy (non-hydrogen) atoms. The number of hydrogen-bond donors (Lipinski definition) is 1. The maximum atomic E-state index is 12.4. The number of hydrazone groups is 1. The fraction of sp³-hybridized carbons (Fsp3) is 0.238. The Hall–Kier alpha value is -3.00. The van der Waals surface area contributed by atoms with Crippen molar-refractivity contribution in [2.45, 2.75) is 6.92 Å². The minimum Gasteiger partial charge on any atom is -0.493 e. The van der Waals surface area contributed by atoms with Crippen LogP contribution in [0.25, 0.3) is 0 Å². The van der Waals surface area contributed by atoms with Gasteiger partial charge in [0, 0.05) is 5.56 Å². The number of amides is 1. The van der Waals surface area contributed by atoms with E-state index in [1.807, 2.05) is 6.92 Å². The molecule has 7 nitrogen and oxygen atoms in total. The van der Waals surface area contributed by atoms with Crippen LogP contribution in [0.3, 0.4) is 0 Å². The lowest BCUT2D eigenvalue weighted by molar-refractivity contribution is 0.0954. The Morgan fingerprint density at radius 1 is 1.14 bits per heavy atom. The molecule has 0 aliphatic rings. The zero-order valence-electron chi connectivity index (χ0n) is 16.5.